The largest absolute Gasteiger partial charge is 0.352 e. The van der Waals surface area contributed by atoms with Gasteiger partial charge in [-0.2, -0.15) is 16.1 Å². The normalized spacial score (nSPS) is 15.8. The van der Waals surface area contributed by atoms with Crippen molar-refractivity contribution in [2.75, 3.05) is 45.5 Å². The van der Waals surface area contributed by atoms with Crippen LogP contribution in [0.25, 0.3) is 0 Å². The number of rotatable bonds is 9. The fraction of sp³-hybridized carbons (Fsp3) is 0.409. The first kappa shape index (κ1) is 22.8. The summed E-state index contributed by atoms with van der Waals surface area (Å²) in [7, 11) is -1.60. The Hall–Kier alpha value is -1.87. The topological polar surface area (TPSA) is 69.7 Å². The molecule has 30 heavy (non-hydrogen) atoms. The van der Waals surface area contributed by atoms with E-state index < -0.39 is 10.0 Å². The Morgan fingerprint density at radius 2 is 1.77 bits per heavy atom. The van der Waals surface area contributed by atoms with Gasteiger partial charge in [0.1, 0.15) is 0 Å². The Balaban J connectivity index is 1.47. The fourth-order valence-electron chi connectivity index (χ4n) is 3.22. The van der Waals surface area contributed by atoms with E-state index in [2.05, 4.69) is 22.3 Å². The van der Waals surface area contributed by atoms with Gasteiger partial charge in [-0.1, -0.05) is 36.4 Å². The van der Waals surface area contributed by atoms with Gasteiger partial charge >= 0.3 is 0 Å². The van der Waals surface area contributed by atoms with Crippen LogP contribution in [0.5, 0.6) is 0 Å². The lowest BCUT2D eigenvalue weighted by Crippen LogP contribution is -2.47. The summed E-state index contributed by atoms with van der Waals surface area (Å²) in [6, 6.07) is 16.6. The number of hydrogen-bond acceptors (Lipinski definition) is 5. The van der Waals surface area contributed by atoms with Crippen LogP contribution in [-0.2, 0) is 15.8 Å². The maximum atomic E-state index is 12.9. The zero-order chi connectivity index (χ0) is 21.4. The first-order valence-electron chi connectivity index (χ1n) is 10.2. The minimum Gasteiger partial charge on any atom is -0.352 e. The molecule has 0 spiro atoms. The van der Waals surface area contributed by atoms with Crippen LogP contribution < -0.4 is 5.32 Å². The molecule has 0 bridgehead atoms. The molecule has 1 saturated heterocycles. The smallest absolute Gasteiger partial charge is 0.251 e. The number of sulfonamides is 1. The molecule has 0 radical (unpaired) electrons. The highest BCUT2D eigenvalue weighted by molar-refractivity contribution is 7.98. The summed E-state index contributed by atoms with van der Waals surface area (Å²) in [6.07, 6.45) is 0.864. The van der Waals surface area contributed by atoms with Gasteiger partial charge in [0.05, 0.1) is 4.90 Å². The molecule has 1 aliphatic rings. The lowest BCUT2D eigenvalue weighted by molar-refractivity contribution is 0.0953. The van der Waals surface area contributed by atoms with Crippen LogP contribution in [0.2, 0.25) is 0 Å². The first-order chi connectivity index (χ1) is 14.5. The minimum atomic E-state index is -3.58. The van der Waals surface area contributed by atoms with E-state index in [4.69, 9.17) is 0 Å². The molecule has 1 N–H and O–H groups in total. The van der Waals surface area contributed by atoms with Crippen molar-refractivity contribution in [2.45, 2.75) is 17.1 Å². The second-order valence-corrected chi connectivity index (χ2v) is 10.4. The Morgan fingerprint density at radius 3 is 2.50 bits per heavy atom. The standard InChI is InChI=1S/C22H29N3O3S2/c1-24-12-14-25(15-13-24)30(27,28)21-10-5-9-20(17-21)22(26)23-11-6-16-29-18-19-7-3-2-4-8-19/h2-5,7-10,17H,6,11-16,18H2,1H3,(H,23,26). The highest BCUT2D eigenvalue weighted by atomic mass is 32.2. The first-order valence-corrected chi connectivity index (χ1v) is 12.7. The Labute approximate surface area is 183 Å². The molecule has 0 atom stereocenters. The molecule has 8 heteroatoms. The number of carbonyl (C=O) groups excluding carboxylic acids is 1. The molecule has 1 heterocycles. The predicted octanol–water partition coefficient (Wildman–Crippen LogP) is 2.68. The number of likely N-dealkylation sites (N-methyl/N-ethyl adjacent to an activating group) is 1. The maximum absolute atomic E-state index is 12.9. The molecular formula is C22H29N3O3S2. The fourth-order valence-corrected chi connectivity index (χ4v) is 5.61. The molecule has 1 aliphatic heterocycles. The Kier molecular flexibility index (Phi) is 8.32. The molecule has 2 aromatic carbocycles. The van der Waals surface area contributed by atoms with Gasteiger partial charge in [-0.05, 0) is 43.0 Å². The summed E-state index contributed by atoms with van der Waals surface area (Å²) < 4.78 is 27.3. The van der Waals surface area contributed by atoms with E-state index in [1.165, 1.54) is 15.9 Å². The van der Waals surface area contributed by atoms with Crippen LogP contribution in [0.4, 0.5) is 0 Å². The minimum absolute atomic E-state index is 0.179. The average Bonchev–Trinajstić information content (AvgIpc) is 2.77. The summed E-state index contributed by atoms with van der Waals surface area (Å²) >= 11 is 1.84. The van der Waals surface area contributed by atoms with E-state index in [-0.39, 0.29) is 10.8 Å². The highest BCUT2D eigenvalue weighted by Crippen LogP contribution is 2.19. The molecule has 0 unspecified atom stereocenters. The third-order valence-corrected chi connectivity index (χ3v) is 8.07. The Morgan fingerprint density at radius 1 is 1.03 bits per heavy atom. The number of nitrogens with zero attached hydrogens (tertiary/aromatic N) is 2. The van der Waals surface area contributed by atoms with Crippen LogP contribution >= 0.6 is 11.8 Å². The summed E-state index contributed by atoms with van der Waals surface area (Å²) in [5, 5.41) is 2.89. The number of thioether (sulfide) groups is 1. The van der Waals surface area contributed by atoms with E-state index >= 15 is 0 Å². The van der Waals surface area contributed by atoms with Crippen molar-refractivity contribution >= 4 is 27.7 Å². The lowest BCUT2D eigenvalue weighted by Gasteiger charge is -2.31. The van der Waals surface area contributed by atoms with Crippen molar-refractivity contribution in [3.8, 4) is 0 Å². The third kappa shape index (κ3) is 6.31. The zero-order valence-electron chi connectivity index (χ0n) is 17.3. The van der Waals surface area contributed by atoms with Gasteiger partial charge in [0, 0.05) is 44.0 Å². The van der Waals surface area contributed by atoms with Crippen molar-refractivity contribution in [2.24, 2.45) is 0 Å². The summed E-state index contributed by atoms with van der Waals surface area (Å²) in [6.45, 7) is 2.92. The van der Waals surface area contributed by atoms with Crippen LogP contribution in [0.15, 0.2) is 59.5 Å². The van der Waals surface area contributed by atoms with E-state index in [1.807, 2.05) is 37.0 Å². The summed E-state index contributed by atoms with van der Waals surface area (Å²) in [5.74, 6) is 1.67. The molecule has 0 aromatic heterocycles. The van der Waals surface area contributed by atoms with Crippen molar-refractivity contribution in [3.63, 3.8) is 0 Å². The number of benzene rings is 2. The second-order valence-electron chi connectivity index (χ2n) is 7.38. The quantitative estimate of drug-likeness (QED) is 0.599. The zero-order valence-corrected chi connectivity index (χ0v) is 18.9. The molecule has 1 amide bonds. The predicted molar refractivity (Wildman–Crippen MR) is 122 cm³/mol. The van der Waals surface area contributed by atoms with Crippen molar-refractivity contribution < 1.29 is 13.2 Å². The monoisotopic (exact) mass is 447 g/mol. The van der Waals surface area contributed by atoms with Gasteiger partial charge in [0.25, 0.3) is 5.91 Å². The van der Waals surface area contributed by atoms with Gasteiger partial charge in [-0.15, -0.1) is 0 Å². The number of carbonyl (C=O) groups is 1. The summed E-state index contributed by atoms with van der Waals surface area (Å²) in [4.78, 5) is 14.7. The molecule has 0 saturated carbocycles. The molecule has 1 fully saturated rings. The van der Waals surface area contributed by atoms with Gasteiger partial charge in [0.2, 0.25) is 10.0 Å². The third-order valence-electron chi connectivity index (χ3n) is 5.06. The summed E-state index contributed by atoms with van der Waals surface area (Å²) in [5.41, 5.74) is 1.67. The van der Waals surface area contributed by atoms with Gasteiger partial charge in [-0.25, -0.2) is 8.42 Å². The number of nitrogens with one attached hydrogen (secondary N) is 1. The van der Waals surface area contributed by atoms with E-state index in [0.717, 1.165) is 17.9 Å². The van der Waals surface area contributed by atoms with Crippen LogP contribution in [0, 0.1) is 0 Å². The second kappa shape index (κ2) is 10.9. The molecular weight excluding hydrogens is 418 g/mol. The molecule has 162 valence electrons. The highest BCUT2D eigenvalue weighted by Gasteiger charge is 2.27. The number of amides is 1. The van der Waals surface area contributed by atoms with Crippen molar-refractivity contribution in [1.29, 1.82) is 0 Å². The van der Waals surface area contributed by atoms with Crippen molar-refractivity contribution in [3.05, 3.63) is 65.7 Å². The number of hydrogen-bond donors (Lipinski definition) is 1. The van der Waals surface area contributed by atoms with E-state index in [0.29, 0.717) is 38.3 Å². The molecule has 0 aliphatic carbocycles. The average molecular weight is 448 g/mol. The maximum Gasteiger partial charge on any atom is 0.251 e. The van der Waals surface area contributed by atoms with E-state index in [9.17, 15) is 13.2 Å². The Bertz CT molecular complexity index is 928. The number of piperazine rings is 1. The SMILES string of the molecule is CN1CCN(S(=O)(=O)c2cccc(C(=O)NCCCSCc3ccccc3)c2)CC1. The van der Waals surface area contributed by atoms with Crippen LogP contribution in [0.3, 0.4) is 0 Å². The molecule has 3 rings (SSSR count). The van der Waals surface area contributed by atoms with Gasteiger partial charge < -0.3 is 10.2 Å². The molecule has 6 nitrogen and oxygen atoms in total. The van der Waals surface area contributed by atoms with Crippen LogP contribution in [-0.4, -0.2) is 69.1 Å². The van der Waals surface area contributed by atoms with Crippen molar-refractivity contribution in [1.82, 2.24) is 14.5 Å². The van der Waals surface area contributed by atoms with Crippen LogP contribution in [0.1, 0.15) is 22.3 Å². The lowest BCUT2D eigenvalue weighted by atomic mass is 10.2. The van der Waals surface area contributed by atoms with Gasteiger partial charge in [0.15, 0.2) is 0 Å². The molecule has 2 aromatic rings. The van der Waals surface area contributed by atoms with Gasteiger partial charge in [-0.3, -0.25) is 4.79 Å². The van der Waals surface area contributed by atoms with E-state index in [1.54, 1.807) is 18.2 Å².